The summed E-state index contributed by atoms with van der Waals surface area (Å²) in [5.74, 6) is 0.846. The second kappa shape index (κ2) is 8.19. The molecule has 0 saturated carbocycles. The Kier molecular flexibility index (Phi) is 5.07. The molecule has 0 saturated heterocycles. The second-order valence-corrected chi connectivity index (χ2v) is 7.60. The highest BCUT2D eigenvalue weighted by molar-refractivity contribution is 5.93. The molecule has 3 heterocycles. The van der Waals surface area contributed by atoms with Crippen LogP contribution in [0.25, 0.3) is 16.8 Å². The molecular weight excluding hydrogens is 404 g/mol. The number of carbonyl (C=O) groups is 1. The molecule has 2 aromatic heterocycles. The Morgan fingerprint density at radius 1 is 1.12 bits per heavy atom. The largest absolute Gasteiger partial charge is 0.491 e. The van der Waals surface area contributed by atoms with E-state index in [0.717, 1.165) is 28.1 Å². The first-order valence-corrected chi connectivity index (χ1v) is 10.3. The van der Waals surface area contributed by atoms with Crippen molar-refractivity contribution in [2.24, 2.45) is 0 Å². The molecule has 0 bridgehead atoms. The van der Waals surface area contributed by atoms with E-state index in [9.17, 15) is 4.79 Å². The van der Waals surface area contributed by atoms with E-state index in [1.54, 1.807) is 18.5 Å². The normalized spacial score (nSPS) is 14.5. The Hall–Kier alpha value is -4.13. The van der Waals surface area contributed by atoms with Crippen LogP contribution in [0.5, 0.6) is 11.6 Å². The van der Waals surface area contributed by atoms with Gasteiger partial charge in [0.15, 0.2) is 0 Å². The van der Waals surface area contributed by atoms with Crippen LogP contribution in [0.3, 0.4) is 0 Å². The Balaban J connectivity index is 1.38. The highest BCUT2D eigenvalue weighted by Gasteiger charge is 2.27. The number of fused-ring (bicyclic) bond motifs is 1. The van der Waals surface area contributed by atoms with Gasteiger partial charge in [-0.05, 0) is 42.3 Å². The number of carbonyl (C=O) groups excluding carboxylic acids is 1. The number of hydrogen-bond donors (Lipinski definition) is 1. The summed E-state index contributed by atoms with van der Waals surface area (Å²) < 4.78 is 13.0. The van der Waals surface area contributed by atoms with E-state index in [4.69, 9.17) is 9.47 Å². The van der Waals surface area contributed by atoms with Gasteiger partial charge in [0, 0.05) is 11.8 Å². The first kappa shape index (κ1) is 19.8. The molecule has 32 heavy (non-hydrogen) atoms. The van der Waals surface area contributed by atoms with Crippen molar-refractivity contribution in [3.63, 3.8) is 0 Å². The predicted octanol–water partition coefficient (Wildman–Crippen LogP) is 4.11. The Labute approximate surface area is 185 Å². The number of aromatic nitrogens is 3. The number of amides is 1. The quantitative estimate of drug-likeness (QED) is 0.520. The summed E-state index contributed by atoms with van der Waals surface area (Å²) in [5, 5.41) is 3.04. The smallest absolute Gasteiger partial charge is 0.270 e. The van der Waals surface area contributed by atoms with E-state index in [2.05, 4.69) is 33.5 Å². The van der Waals surface area contributed by atoms with Crippen molar-refractivity contribution < 1.29 is 14.3 Å². The fourth-order valence-corrected chi connectivity index (χ4v) is 3.84. The molecular formula is C25H22N4O3. The molecule has 1 N–H and O–H groups in total. The number of benzene rings is 2. The molecule has 0 aliphatic carbocycles. The molecule has 1 aliphatic rings. The van der Waals surface area contributed by atoms with Gasteiger partial charge in [0.05, 0.1) is 25.2 Å². The second-order valence-electron chi connectivity index (χ2n) is 7.60. The molecule has 1 atom stereocenters. The number of hydrogen-bond acceptors (Lipinski definition) is 5. The summed E-state index contributed by atoms with van der Waals surface area (Å²) in [6.45, 7) is 2.28. The number of methoxy groups -OCH3 is 1. The van der Waals surface area contributed by atoms with Gasteiger partial charge in [-0.2, -0.15) is 0 Å². The minimum Gasteiger partial charge on any atom is -0.491 e. The van der Waals surface area contributed by atoms with Crippen LogP contribution in [0.1, 0.15) is 27.8 Å². The first-order chi connectivity index (χ1) is 15.6. The lowest BCUT2D eigenvalue weighted by Crippen LogP contribution is -2.30. The Morgan fingerprint density at radius 3 is 2.72 bits per heavy atom. The zero-order valence-corrected chi connectivity index (χ0v) is 17.8. The van der Waals surface area contributed by atoms with Gasteiger partial charge in [-0.3, -0.25) is 4.79 Å². The molecule has 7 heteroatoms. The third-order valence-corrected chi connectivity index (χ3v) is 5.46. The van der Waals surface area contributed by atoms with Gasteiger partial charge in [-0.25, -0.2) is 9.97 Å². The lowest BCUT2D eigenvalue weighted by molar-refractivity contribution is 0.0924. The molecule has 160 valence electrons. The van der Waals surface area contributed by atoms with Crippen LogP contribution in [0, 0.1) is 6.92 Å². The highest BCUT2D eigenvalue weighted by atomic mass is 16.5. The monoisotopic (exact) mass is 426 g/mol. The van der Waals surface area contributed by atoms with Crippen LogP contribution in [0.15, 0.2) is 73.2 Å². The van der Waals surface area contributed by atoms with Crippen LogP contribution < -0.4 is 14.8 Å². The van der Waals surface area contributed by atoms with Gasteiger partial charge >= 0.3 is 0 Å². The number of nitrogens with zero attached hydrogens (tertiary/aromatic N) is 3. The van der Waals surface area contributed by atoms with Gasteiger partial charge in [-0.15, -0.1) is 0 Å². The maximum atomic E-state index is 13.0. The molecule has 1 amide bonds. The molecule has 0 fully saturated rings. The summed E-state index contributed by atoms with van der Waals surface area (Å²) in [5.41, 5.74) is 5.01. The van der Waals surface area contributed by atoms with Crippen LogP contribution in [0.4, 0.5) is 0 Å². The van der Waals surface area contributed by atoms with E-state index in [-0.39, 0.29) is 17.6 Å². The maximum Gasteiger partial charge on any atom is 0.270 e. The van der Waals surface area contributed by atoms with Gasteiger partial charge in [0.25, 0.3) is 5.91 Å². The third kappa shape index (κ3) is 3.69. The van der Waals surface area contributed by atoms with E-state index in [0.29, 0.717) is 18.2 Å². The van der Waals surface area contributed by atoms with Crippen molar-refractivity contribution >= 4 is 5.91 Å². The molecule has 1 aliphatic heterocycles. The fourth-order valence-electron chi connectivity index (χ4n) is 3.84. The summed E-state index contributed by atoms with van der Waals surface area (Å²) in [6, 6.07) is 19.4. The average Bonchev–Trinajstić information content (AvgIpc) is 3.45. The zero-order valence-electron chi connectivity index (χ0n) is 17.8. The maximum absolute atomic E-state index is 13.0. The fraction of sp³-hybridized carbons (Fsp3) is 0.160. The lowest BCUT2D eigenvalue weighted by atomic mass is 10.00. The van der Waals surface area contributed by atoms with E-state index in [1.807, 2.05) is 48.0 Å². The molecule has 2 aromatic carbocycles. The van der Waals surface area contributed by atoms with Gasteiger partial charge in [0.2, 0.25) is 5.88 Å². The number of aryl methyl sites for hydroxylation is 1. The number of rotatable bonds is 5. The lowest BCUT2D eigenvalue weighted by Gasteiger charge is -2.14. The number of pyridine rings is 1. The van der Waals surface area contributed by atoms with Crippen molar-refractivity contribution in [3.8, 4) is 28.4 Å². The van der Waals surface area contributed by atoms with Gasteiger partial charge < -0.3 is 19.4 Å². The van der Waals surface area contributed by atoms with E-state index < -0.39 is 0 Å². The minimum atomic E-state index is -0.289. The summed E-state index contributed by atoms with van der Waals surface area (Å²) in [7, 11) is 1.53. The molecule has 0 spiro atoms. The standard InChI is InChI=1S/C25H22N4O3/c1-16-13-29(15-26-16)22-10-9-20(28-25(22)31-2)24(30)27-21-14-32-23-11-8-18(12-19(21)23)17-6-4-3-5-7-17/h3-13,15,21H,14H2,1-2H3,(H,27,30)/t21-/m0/s1. The summed E-state index contributed by atoms with van der Waals surface area (Å²) in [4.78, 5) is 21.6. The Morgan fingerprint density at radius 2 is 1.97 bits per heavy atom. The number of nitrogens with one attached hydrogen (secondary N) is 1. The van der Waals surface area contributed by atoms with Crippen molar-refractivity contribution in [1.29, 1.82) is 0 Å². The highest BCUT2D eigenvalue weighted by Crippen LogP contribution is 2.36. The van der Waals surface area contributed by atoms with Crippen molar-refractivity contribution in [3.05, 3.63) is 90.1 Å². The van der Waals surface area contributed by atoms with E-state index in [1.165, 1.54) is 7.11 Å². The average molecular weight is 426 g/mol. The Bertz CT molecular complexity index is 1280. The molecule has 4 aromatic rings. The minimum absolute atomic E-state index is 0.259. The first-order valence-electron chi connectivity index (χ1n) is 10.3. The topological polar surface area (TPSA) is 78.3 Å². The zero-order chi connectivity index (χ0) is 22.1. The van der Waals surface area contributed by atoms with Crippen LogP contribution >= 0.6 is 0 Å². The SMILES string of the molecule is COc1nc(C(=O)N[C@H]2COc3ccc(-c4ccccc4)cc32)ccc1-n1cnc(C)c1. The third-order valence-electron chi connectivity index (χ3n) is 5.46. The van der Waals surface area contributed by atoms with Crippen LogP contribution in [-0.2, 0) is 0 Å². The van der Waals surface area contributed by atoms with E-state index >= 15 is 0 Å². The van der Waals surface area contributed by atoms with Gasteiger partial charge in [0.1, 0.15) is 23.7 Å². The molecule has 0 unspecified atom stereocenters. The van der Waals surface area contributed by atoms with Crippen molar-refractivity contribution in [2.75, 3.05) is 13.7 Å². The number of ether oxygens (including phenoxy) is 2. The summed E-state index contributed by atoms with van der Waals surface area (Å²) >= 11 is 0. The van der Waals surface area contributed by atoms with Gasteiger partial charge in [-0.1, -0.05) is 36.4 Å². The van der Waals surface area contributed by atoms with Crippen LogP contribution in [0.2, 0.25) is 0 Å². The van der Waals surface area contributed by atoms with Crippen molar-refractivity contribution in [1.82, 2.24) is 19.9 Å². The summed E-state index contributed by atoms with van der Waals surface area (Å²) in [6.07, 6.45) is 3.56. The predicted molar refractivity (Wildman–Crippen MR) is 120 cm³/mol. The van der Waals surface area contributed by atoms with Crippen LogP contribution in [-0.4, -0.2) is 34.2 Å². The number of imidazole rings is 1. The molecule has 7 nitrogen and oxygen atoms in total. The molecule has 0 radical (unpaired) electrons. The van der Waals surface area contributed by atoms with Crippen molar-refractivity contribution in [2.45, 2.75) is 13.0 Å². The molecule has 5 rings (SSSR count).